The van der Waals surface area contributed by atoms with E-state index < -0.39 is 5.97 Å². The molecule has 0 amide bonds. The summed E-state index contributed by atoms with van der Waals surface area (Å²) >= 11 is 0. The van der Waals surface area contributed by atoms with Crippen LogP contribution in [0.1, 0.15) is 66.9 Å². The van der Waals surface area contributed by atoms with Gasteiger partial charge in [-0.15, -0.1) is 0 Å². The number of azo groups is 1. The highest BCUT2D eigenvalue weighted by atomic mass is 19.1. The summed E-state index contributed by atoms with van der Waals surface area (Å²) in [7, 11) is 0. The molecule has 1 N–H and O–H groups in total. The fourth-order valence-corrected chi connectivity index (χ4v) is 4.28. The van der Waals surface area contributed by atoms with Crippen LogP contribution >= 0.6 is 0 Å². The number of hydrogen-bond acceptors (Lipinski definition) is 7. The van der Waals surface area contributed by atoms with Crippen LogP contribution in [0.4, 0.5) is 21.5 Å². The zero-order chi connectivity index (χ0) is 30.4. The molecule has 0 aliphatic carbocycles. The summed E-state index contributed by atoms with van der Waals surface area (Å²) in [5.74, 6) is 0.172. The first kappa shape index (κ1) is 31.1. The number of carbonyl (C=O) groups is 1. The van der Waals surface area contributed by atoms with Gasteiger partial charge in [0.15, 0.2) is 0 Å². The molecule has 0 aromatic heterocycles. The zero-order valence-electron chi connectivity index (χ0n) is 24.5. The third-order valence-corrected chi connectivity index (χ3v) is 6.79. The first-order chi connectivity index (χ1) is 20.9. The minimum absolute atomic E-state index is 0.0676. The molecule has 0 saturated heterocycles. The topological polar surface area (TPSA) is 92.8 Å². The molecular formula is C35H36FN3O4. The maximum Gasteiger partial charge on any atom is 0.343 e. The van der Waals surface area contributed by atoms with Gasteiger partial charge in [0.05, 0.1) is 29.2 Å². The Hall–Kier alpha value is -4.85. The van der Waals surface area contributed by atoms with Gasteiger partial charge >= 0.3 is 5.97 Å². The van der Waals surface area contributed by atoms with E-state index in [0.29, 0.717) is 51.9 Å². The number of hydrogen-bond donors (Lipinski definition) is 1. The summed E-state index contributed by atoms with van der Waals surface area (Å²) < 4.78 is 24.4. The molecule has 43 heavy (non-hydrogen) atoms. The lowest BCUT2D eigenvalue weighted by atomic mass is 10.1. The lowest BCUT2D eigenvalue weighted by Gasteiger charge is -2.09. The molecule has 0 heterocycles. The van der Waals surface area contributed by atoms with E-state index in [1.807, 2.05) is 6.07 Å². The van der Waals surface area contributed by atoms with E-state index in [2.05, 4.69) is 22.1 Å². The number of ether oxygens (including phenoxy) is 2. The molecule has 0 bridgehead atoms. The Balaban J connectivity index is 1.33. The zero-order valence-corrected chi connectivity index (χ0v) is 24.5. The van der Waals surface area contributed by atoms with Gasteiger partial charge in [-0.25, -0.2) is 9.18 Å². The first-order valence-electron chi connectivity index (χ1n) is 14.5. The Labute approximate surface area is 251 Å². The van der Waals surface area contributed by atoms with Crippen molar-refractivity contribution in [1.29, 1.82) is 0 Å². The monoisotopic (exact) mass is 581 g/mol. The van der Waals surface area contributed by atoms with Gasteiger partial charge < -0.3 is 14.6 Å². The molecule has 0 atom stereocenters. The number of carbonyl (C=O) groups excluding carboxylic acids is 1. The van der Waals surface area contributed by atoms with Crippen LogP contribution < -0.4 is 9.47 Å². The second kappa shape index (κ2) is 16.0. The number of phenolic OH excluding ortho intramolecular Hbond substituents is 1. The van der Waals surface area contributed by atoms with Crippen molar-refractivity contribution in [2.75, 3.05) is 6.61 Å². The van der Waals surface area contributed by atoms with Crippen LogP contribution in [0.25, 0.3) is 0 Å². The summed E-state index contributed by atoms with van der Waals surface area (Å²) in [6.07, 6.45) is 8.68. The maximum atomic E-state index is 13.0. The van der Waals surface area contributed by atoms with Gasteiger partial charge in [-0.1, -0.05) is 45.1 Å². The number of halogens is 1. The second-order valence-corrected chi connectivity index (χ2v) is 10.1. The summed E-state index contributed by atoms with van der Waals surface area (Å²) in [6.45, 7) is 4.62. The Morgan fingerprint density at radius 3 is 2.19 bits per heavy atom. The number of rotatable bonds is 14. The average Bonchev–Trinajstić information content (AvgIpc) is 3.01. The van der Waals surface area contributed by atoms with Gasteiger partial charge in [-0.05, 0) is 91.7 Å². The van der Waals surface area contributed by atoms with E-state index in [1.54, 1.807) is 67.7 Å². The van der Waals surface area contributed by atoms with Crippen molar-refractivity contribution in [3.63, 3.8) is 0 Å². The molecule has 0 radical (unpaired) electrons. The predicted octanol–water partition coefficient (Wildman–Crippen LogP) is 9.96. The van der Waals surface area contributed by atoms with E-state index in [9.17, 15) is 14.3 Å². The van der Waals surface area contributed by atoms with E-state index in [4.69, 9.17) is 9.47 Å². The Bertz CT molecular complexity index is 1550. The summed E-state index contributed by atoms with van der Waals surface area (Å²) in [5, 5.41) is 18.7. The number of benzene rings is 4. The molecule has 0 aliphatic heterocycles. The molecule has 4 rings (SSSR count). The molecule has 0 spiro atoms. The number of unbranched alkanes of at least 4 members (excludes halogenated alkanes) is 5. The van der Waals surface area contributed by atoms with Crippen LogP contribution in [0.2, 0.25) is 0 Å². The van der Waals surface area contributed by atoms with Gasteiger partial charge in [0.2, 0.25) is 0 Å². The van der Waals surface area contributed by atoms with Crippen molar-refractivity contribution >= 4 is 29.2 Å². The van der Waals surface area contributed by atoms with Crippen LogP contribution in [-0.2, 0) is 0 Å². The third kappa shape index (κ3) is 9.60. The molecule has 4 aromatic rings. The highest BCUT2D eigenvalue weighted by Crippen LogP contribution is 2.27. The lowest BCUT2D eigenvalue weighted by molar-refractivity contribution is 0.0734. The molecule has 4 aromatic carbocycles. The van der Waals surface area contributed by atoms with Crippen LogP contribution in [0.3, 0.4) is 0 Å². The fourth-order valence-electron chi connectivity index (χ4n) is 4.28. The van der Waals surface area contributed by atoms with Gasteiger partial charge in [0.1, 0.15) is 23.1 Å². The number of nitrogens with zero attached hydrogens (tertiary/aromatic N) is 3. The fraction of sp³-hybridized carbons (Fsp3) is 0.257. The number of esters is 1. The summed E-state index contributed by atoms with van der Waals surface area (Å²) in [6, 6.07) is 22.6. The molecule has 7 nitrogen and oxygen atoms in total. The highest BCUT2D eigenvalue weighted by molar-refractivity contribution is 5.94. The first-order valence-corrected chi connectivity index (χ1v) is 14.5. The van der Waals surface area contributed by atoms with E-state index in [1.165, 1.54) is 49.9 Å². The normalized spacial score (nSPS) is 11.3. The molecule has 0 saturated carbocycles. The highest BCUT2D eigenvalue weighted by Gasteiger charge is 2.14. The van der Waals surface area contributed by atoms with E-state index >= 15 is 0 Å². The number of aliphatic imine (C=N–C) groups is 1. The van der Waals surface area contributed by atoms with Crippen molar-refractivity contribution < 1.29 is 23.8 Å². The Kier molecular flexibility index (Phi) is 11.5. The second-order valence-electron chi connectivity index (χ2n) is 10.1. The molecule has 0 fully saturated rings. The van der Waals surface area contributed by atoms with E-state index in [-0.39, 0.29) is 11.6 Å². The van der Waals surface area contributed by atoms with Crippen molar-refractivity contribution in [3.05, 3.63) is 107 Å². The van der Waals surface area contributed by atoms with Crippen LogP contribution in [0.5, 0.6) is 17.2 Å². The van der Waals surface area contributed by atoms with Crippen LogP contribution in [0, 0.1) is 12.7 Å². The van der Waals surface area contributed by atoms with Crippen molar-refractivity contribution in [2.45, 2.75) is 52.4 Å². The quantitative estimate of drug-likeness (QED) is 0.0527. The van der Waals surface area contributed by atoms with Gasteiger partial charge in [-0.2, -0.15) is 10.2 Å². The van der Waals surface area contributed by atoms with Crippen molar-refractivity contribution in [3.8, 4) is 17.2 Å². The minimum atomic E-state index is -0.523. The largest absolute Gasteiger partial charge is 0.507 e. The molecule has 0 aliphatic rings. The molecule has 0 unspecified atom stereocenters. The minimum Gasteiger partial charge on any atom is -0.507 e. The predicted molar refractivity (Wildman–Crippen MR) is 167 cm³/mol. The standard InChI is InChI=1S/C35H36FN3O4/c1-3-4-5-6-7-8-22-42-31-19-12-26(34(40)23-31)24-37-33-11-9-10-32(25(33)2)35(41)43-30-20-17-29(18-21-30)39-38-28-15-13-27(36)14-16-28/h9-21,23-24,40H,3-8,22H2,1-2H3. The van der Waals surface area contributed by atoms with Crippen LogP contribution in [-0.4, -0.2) is 23.9 Å². The van der Waals surface area contributed by atoms with Crippen molar-refractivity contribution in [2.24, 2.45) is 15.2 Å². The summed E-state index contributed by atoms with van der Waals surface area (Å²) in [5.41, 5.74) is 3.21. The molecular weight excluding hydrogens is 545 g/mol. The number of aromatic hydroxyl groups is 1. The van der Waals surface area contributed by atoms with Gasteiger partial charge in [0, 0.05) is 17.8 Å². The maximum absolute atomic E-state index is 13.0. The molecule has 8 heteroatoms. The summed E-state index contributed by atoms with van der Waals surface area (Å²) in [4.78, 5) is 17.5. The average molecular weight is 582 g/mol. The third-order valence-electron chi connectivity index (χ3n) is 6.79. The van der Waals surface area contributed by atoms with Crippen LogP contribution in [0.15, 0.2) is 100 Å². The van der Waals surface area contributed by atoms with E-state index in [0.717, 1.165) is 12.8 Å². The van der Waals surface area contributed by atoms with Crippen molar-refractivity contribution in [1.82, 2.24) is 0 Å². The SMILES string of the molecule is CCCCCCCCOc1ccc(C=Nc2cccc(C(=O)Oc3ccc(N=Nc4ccc(F)cc4)cc3)c2C)c(O)c1. The Morgan fingerprint density at radius 1 is 0.837 bits per heavy atom. The lowest BCUT2D eigenvalue weighted by Crippen LogP contribution is -2.10. The Morgan fingerprint density at radius 2 is 1.49 bits per heavy atom. The van der Waals surface area contributed by atoms with Gasteiger partial charge in [-0.3, -0.25) is 4.99 Å². The number of phenols is 1. The molecule has 222 valence electrons. The smallest absolute Gasteiger partial charge is 0.343 e. The van der Waals surface area contributed by atoms with Gasteiger partial charge in [0.25, 0.3) is 0 Å².